The summed E-state index contributed by atoms with van der Waals surface area (Å²) in [4.78, 5) is 18.6. The Labute approximate surface area is 151 Å². The smallest absolute Gasteiger partial charge is 0.232 e. The quantitative estimate of drug-likeness (QED) is 0.787. The average molecular weight is 362 g/mol. The summed E-state index contributed by atoms with van der Waals surface area (Å²) in [6.45, 7) is 4.53. The summed E-state index contributed by atoms with van der Waals surface area (Å²) in [5.41, 5.74) is 1.79. The van der Waals surface area contributed by atoms with E-state index in [0.29, 0.717) is 43.7 Å². The van der Waals surface area contributed by atoms with Gasteiger partial charge in [0.25, 0.3) is 0 Å². The molecule has 2 heterocycles. The molecule has 1 aromatic heterocycles. The molecule has 0 bridgehead atoms. The molecule has 0 radical (unpaired) electrons. The SMILES string of the molecule is COc1ccc(-c2nc(CSCC(=O)N3CCOCC3)c(C)o2)cc1. The van der Waals surface area contributed by atoms with Crippen molar-refractivity contribution in [2.24, 2.45) is 0 Å². The summed E-state index contributed by atoms with van der Waals surface area (Å²) in [5.74, 6) is 3.44. The van der Waals surface area contributed by atoms with Gasteiger partial charge in [0.2, 0.25) is 11.8 Å². The maximum Gasteiger partial charge on any atom is 0.232 e. The molecular weight excluding hydrogens is 340 g/mol. The molecule has 2 aromatic rings. The number of hydrogen-bond acceptors (Lipinski definition) is 6. The number of aromatic nitrogens is 1. The summed E-state index contributed by atoms with van der Waals surface area (Å²) in [6.07, 6.45) is 0. The molecule has 0 N–H and O–H groups in total. The van der Waals surface area contributed by atoms with Crippen LogP contribution in [0.1, 0.15) is 11.5 Å². The van der Waals surface area contributed by atoms with Gasteiger partial charge < -0.3 is 18.8 Å². The maximum absolute atomic E-state index is 12.2. The highest BCUT2D eigenvalue weighted by atomic mass is 32.2. The van der Waals surface area contributed by atoms with Crippen molar-refractivity contribution in [2.45, 2.75) is 12.7 Å². The maximum atomic E-state index is 12.2. The van der Waals surface area contributed by atoms with E-state index < -0.39 is 0 Å². The molecule has 1 saturated heterocycles. The molecule has 7 heteroatoms. The van der Waals surface area contributed by atoms with Crippen LogP contribution < -0.4 is 4.74 Å². The van der Waals surface area contributed by atoms with Crippen LogP contribution in [0.15, 0.2) is 28.7 Å². The Morgan fingerprint density at radius 1 is 1.28 bits per heavy atom. The van der Waals surface area contributed by atoms with Crippen molar-refractivity contribution in [3.8, 4) is 17.2 Å². The lowest BCUT2D eigenvalue weighted by atomic mass is 10.2. The Bertz CT molecular complexity index is 708. The number of oxazole rings is 1. The molecule has 0 unspecified atom stereocenters. The highest BCUT2D eigenvalue weighted by Crippen LogP contribution is 2.26. The number of aryl methyl sites for hydroxylation is 1. The van der Waals surface area contributed by atoms with Gasteiger partial charge in [0.05, 0.1) is 31.8 Å². The third kappa shape index (κ3) is 4.55. The number of benzene rings is 1. The third-order valence-corrected chi connectivity index (χ3v) is 4.99. The minimum absolute atomic E-state index is 0.157. The van der Waals surface area contributed by atoms with Crippen LogP contribution in [0.25, 0.3) is 11.5 Å². The molecule has 1 aromatic carbocycles. The van der Waals surface area contributed by atoms with Gasteiger partial charge in [0.15, 0.2) is 0 Å². The van der Waals surface area contributed by atoms with Crippen LogP contribution >= 0.6 is 11.8 Å². The molecular formula is C18H22N2O4S. The Morgan fingerprint density at radius 2 is 2.00 bits per heavy atom. The van der Waals surface area contributed by atoms with Crippen molar-refractivity contribution in [1.82, 2.24) is 9.88 Å². The molecule has 25 heavy (non-hydrogen) atoms. The van der Waals surface area contributed by atoms with Crippen LogP contribution in [0.3, 0.4) is 0 Å². The molecule has 134 valence electrons. The zero-order chi connectivity index (χ0) is 17.6. The van der Waals surface area contributed by atoms with Gasteiger partial charge in [-0.2, -0.15) is 0 Å². The summed E-state index contributed by atoms with van der Waals surface area (Å²) >= 11 is 1.56. The fourth-order valence-corrected chi connectivity index (χ4v) is 3.48. The van der Waals surface area contributed by atoms with Crippen LogP contribution in [0.5, 0.6) is 5.75 Å². The first kappa shape index (κ1) is 17.8. The number of nitrogens with zero attached hydrogens (tertiary/aromatic N) is 2. The third-order valence-electron chi connectivity index (χ3n) is 4.06. The van der Waals surface area contributed by atoms with E-state index in [2.05, 4.69) is 4.98 Å². The number of carbonyl (C=O) groups is 1. The van der Waals surface area contributed by atoms with Crippen molar-refractivity contribution in [1.29, 1.82) is 0 Å². The van der Waals surface area contributed by atoms with Gasteiger partial charge in [0.1, 0.15) is 11.5 Å². The lowest BCUT2D eigenvalue weighted by Crippen LogP contribution is -2.41. The number of amides is 1. The van der Waals surface area contributed by atoms with Crippen LogP contribution in [0.4, 0.5) is 0 Å². The molecule has 0 saturated carbocycles. The van der Waals surface area contributed by atoms with Crippen molar-refractivity contribution in [3.05, 3.63) is 35.7 Å². The predicted octanol–water partition coefficient (Wildman–Crippen LogP) is 2.75. The fraction of sp³-hybridized carbons (Fsp3) is 0.444. The number of morpholine rings is 1. The summed E-state index contributed by atoms with van der Waals surface area (Å²) in [6, 6.07) is 7.60. The Morgan fingerprint density at radius 3 is 2.68 bits per heavy atom. The Balaban J connectivity index is 1.56. The summed E-state index contributed by atoms with van der Waals surface area (Å²) in [5, 5.41) is 0. The standard InChI is InChI=1S/C18H22N2O4S/c1-13-16(11-25-12-17(21)20-7-9-23-10-8-20)19-18(24-13)14-3-5-15(22-2)6-4-14/h3-6H,7-12H2,1-2H3. The molecule has 0 spiro atoms. The van der Waals surface area contributed by atoms with Crippen molar-refractivity contribution < 1.29 is 18.7 Å². The molecule has 0 atom stereocenters. The number of carbonyl (C=O) groups excluding carboxylic acids is 1. The van der Waals surface area contributed by atoms with Gasteiger partial charge in [-0.05, 0) is 31.2 Å². The number of ether oxygens (including phenoxy) is 2. The second-order valence-corrected chi connectivity index (χ2v) is 6.72. The van der Waals surface area contributed by atoms with Crippen molar-refractivity contribution in [3.63, 3.8) is 0 Å². The minimum atomic E-state index is 0.157. The second-order valence-electron chi connectivity index (χ2n) is 5.74. The van der Waals surface area contributed by atoms with E-state index in [0.717, 1.165) is 22.8 Å². The van der Waals surface area contributed by atoms with Gasteiger partial charge in [-0.1, -0.05) is 0 Å². The van der Waals surface area contributed by atoms with E-state index in [1.165, 1.54) is 0 Å². The highest BCUT2D eigenvalue weighted by Gasteiger charge is 2.17. The molecule has 1 aliphatic rings. The Hall–Kier alpha value is -1.99. The van der Waals surface area contributed by atoms with E-state index in [4.69, 9.17) is 13.9 Å². The van der Waals surface area contributed by atoms with Gasteiger partial charge in [-0.25, -0.2) is 4.98 Å². The van der Waals surface area contributed by atoms with Gasteiger partial charge in [-0.3, -0.25) is 4.79 Å². The zero-order valence-corrected chi connectivity index (χ0v) is 15.3. The van der Waals surface area contributed by atoms with E-state index >= 15 is 0 Å². The van der Waals surface area contributed by atoms with Crippen molar-refractivity contribution in [2.75, 3.05) is 39.2 Å². The number of rotatable bonds is 6. The van der Waals surface area contributed by atoms with Crippen LogP contribution in [0.2, 0.25) is 0 Å². The van der Waals surface area contributed by atoms with Crippen LogP contribution in [0, 0.1) is 6.92 Å². The van der Waals surface area contributed by atoms with Gasteiger partial charge in [0, 0.05) is 24.4 Å². The molecule has 1 fully saturated rings. The molecule has 0 aliphatic carbocycles. The normalized spacial score (nSPS) is 14.6. The number of hydrogen-bond donors (Lipinski definition) is 0. The topological polar surface area (TPSA) is 64.8 Å². The first-order chi connectivity index (χ1) is 12.2. The van der Waals surface area contributed by atoms with E-state index in [9.17, 15) is 4.79 Å². The molecule has 3 rings (SSSR count). The Kier molecular flexibility index (Phi) is 5.99. The number of thioether (sulfide) groups is 1. The van der Waals surface area contributed by atoms with E-state index in [-0.39, 0.29) is 5.91 Å². The second kappa shape index (κ2) is 8.40. The fourth-order valence-electron chi connectivity index (χ4n) is 2.56. The monoisotopic (exact) mass is 362 g/mol. The first-order valence-corrected chi connectivity index (χ1v) is 9.37. The van der Waals surface area contributed by atoms with E-state index in [1.807, 2.05) is 36.1 Å². The lowest BCUT2D eigenvalue weighted by molar-refractivity contribution is -0.132. The van der Waals surface area contributed by atoms with Gasteiger partial charge >= 0.3 is 0 Å². The zero-order valence-electron chi connectivity index (χ0n) is 14.5. The molecule has 1 aliphatic heterocycles. The van der Waals surface area contributed by atoms with Crippen LogP contribution in [-0.2, 0) is 15.3 Å². The predicted molar refractivity (Wildman–Crippen MR) is 96.8 cm³/mol. The van der Waals surface area contributed by atoms with Crippen molar-refractivity contribution >= 4 is 17.7 Å². The highest BCUT2D eigenvalue weighted by molar-refractivity contribution is 7.99. The molecule has 6 nitrogen and oxygen atoms in total. The summed E-state index contributed by atoms with van der Waals surface area (Å²) < 4.78 is 16.2. The minimum Gasteiger partial charge on any atom is -0.497 e. The van der Waals surface area contributed by atoms with E-state index in [1.54, 1.807) is 18.9 Å². The summed E-state index contributed by atoms with van der Waals surface area (Å²) in [7, 11) is 1.64. The lowest BCUT2D eigenvalue weighted by Gasteiger charge is -2.26. The van der Waals surface area contributed by atoms with Gasteiger partial charge in [-0.15, -0.1) is 11.8 Å². The van der Waals surface area contributed by atoms with Crippen LogP contribution in [-0.4, -0.2) is 55.0 Å². The average Bonchev–Trinajstić information content (AvgIpc) is 3.03. The first-order valence-electron chi connectivity index (χ1n) is 8.21. The number of methoxy groups -OCH3 is 1. The largest absolute Gasteiger partial charge is 0.497 e. The molecule has 1 amide bonds.